The smallest absolute Gasteiger partial charge is 0.141 e. The maximum Gasteiger partial charge on any atom is 0.141 e. The van der Waals surface area contributed by atoms with Gasteiger partial charge in [0, 0.05) is 18.5 Å². The summed E-state index contributed by atoms with van der Waals surface area (Å²) in [4.78, 5) is 3.02. The first-order valence-electron chi connectivity index (χ1n) is 6.44. The van der Waals surface area contributed by atoms with Crippen molar-refractivity contribution in [2.75, 3.05) is 6.61 Å². The molecule has 0 spiro atoms. The molecule has 1 aliphatic carbocycles. The Labute approximate surface area is 116 Å². The van der Waals surface area contributed by atoms with Crippen molar-refractivity contribution in [3.63, 3.8) is 0 Å². The van der Waals surface area contributed by atoms with Crippen molar-refractivity contribution in [3.8, 4) is 11.3 Å². The SMILES string of the molecule is C1CC2CC2O1.Fc1ccc(-c2ccc[nH]2)cc1Cl. The Hall–Kier alpha value is -1.32. The summed E-state index contributed by atoms with van der Waals surface area (Å²) in [7, 11) is 0. The summed E-state index contributed by atoms with van der Waals surface area (Å²) in [5, 5.41) is 0.145. The van der Waals surface area contributed by atoms with Crippen LogP contribution in [0.5, 0.6) is 0 Å². The number of hydrogen-bond acceptors (Lipinski definition) is 1. The van der Waals surface area contributed by atoms with Crippen molar-refractivity contribution in [2.45, 2.75) is 18.9 Å². The highest BCUT2D eigenvalue weighted by Crippen LogP contribution is 2.41. The minimum Gasteiger partial charge on any atom is -0.378 e. The molecule has 2 unspecified atom stereocenters. The number of halogens is 2. The average molecular weight is 280 g/mol. The number of benzene rings is 1. The van der Waals surface area contributed by atoms with Crippen LogP contribution in [-0.2, 0) is 4.74 Å². The number of fused-ring (bicyclic) bond motifs is 1. The van der Waals surface area contributed by atoms with E-state index in [0.717, 1.165) is 23.8 Å². The normalized spacial score (nSPS) is 23.5. The molecule has 2 aromatic rings. The van der Waals surface area contributed by atoms with Gasteiger partial charge in [0.2, 0.25) is 0 Å². The van der Waals surface area contributed by atoms with Gasteiger partial charge in [-0.1, -0.05) is 11.6 Å². The zero-order valence-electron chi connectivity index (χ0n) is 10.4. The monoisotopic (exact) mass is 279 g/mol. The maximum absolute atomic E-state index is 12.8. The van der Waals surface area contributed by atoms with Crippen molar-refractivity contribution in [1.29, 1.82) is 0 Å². The molecule has 2 fully saturated rings. The van der Waals surface area contributed by atoms with Gasteiger partial charge in [-0.25, -0.2) is 4.39 Å². The van der Waals surface area contributed by atoms with E-state index in [2.05, 4.69) is 4.98 Å². The number of ether oxygens (including phenoxy) is 1. The van der Waals surface area contributed by atoms with Gasteiger partial charge in [-0.3, -0.25) is 0 Å². The van der Waals surface area contributed by atoms with E-state index in [0.29, 0.717) is 6.10 Å². The number of H-pyrrole nitrogens is 1. The lowest BCUT2D eigenvalue weighted by atomic mass is 10.1. The molecule has 2 aliphatic rings. The third-order valence-corrected chi connectivity index (χ3v) is 3.80. The van der Waals surface area contributed by atoms with Gasteiger partial charge in [-0.05, 0) is 54.7 Å². The van der Waals surface area contributed by atoms with Gasteiger partial charge in [0.1, 0.15) is 5.82 Å². The van der Waals surface area contributed by atoms with Crippen molar-refractivity contribution in [2.24, 2.45) is 5.92 Å². The topological polar surface area (TPSA) is 25.0 Å². The molecule has 1 N–H and O–H groups in total. The molecule has 1 saturated heterocycles. The minimum atomic E-state index is -0.392. The van der Waals surface area contributed by atoms with Gasteiger partial charge in [0.15, 0.2) is 0 Å². The van der Waals surface area contributed by atoms with Crippen LogP contribution in [0.1, 0.15) is 12.8 Å². The third kappa shape index (κ3) is 2.99. The third-order valence-electron chi connectivity index (χ3n) is 3.51. The van der Waals surface area contributed by atoms with Gasteiger partial charge in [0.05, 0.1) is 11.1 Å². The second-order valence-corrected chi connectivity index (χ2v) is 5.31. The molecule has 1 aliphatic heterocycles. The molecule has 4 heteroatoms. The fourth-order valence-corrected chi connectivity index (χ4v) is 2.45. The van der Waals surface area contributed by atoms with Crippen LogP contribution < -0.4 is 0 Å². The van der Waals surface area contributed by atoms with Crippen molar-refractivity contribution in [1.82, 2.24) is 4.98 Å². The molecule has 2 nitrogen and oxygen atoms in total. The molecule has 1 saturated carbocycles. The molecule has 0 radical (unpaired) electrons. The molecule has 100 valence electrons. The Morgan fingerprint density at radius 2 is 2.21 bits per heavy atom. The number of rotatable bonds is 1. The lowest BCUT2D eigenvalue weighted by Crippen LogP contribution is -1.84. The lowest BCUT2D eigenvalue weighted by Gasteiger charge is -1.99. The van der Waals surface area contributed by atoms with E-state index in [4.69, 9.17) is 16.3 Å². The summed E-state index contributed by atoms with van der Waals surface area (Å²) >= 11 is 5.64. The average Bonchev–Trinajstić information content (AvgIpc) is 2.88. The van der Waals surface area contributed by atoms with Crippen LogP contribution in [-0.4, -0.2) is 17.7 Å². The molecule has 0 amide bonds. The molecule has 1 aromatic carbocycles. The van der Waals surface area contributed by atoms with Crippen LogP contribution in [0.2, 0.25) is 5.02 Å². The first kappa shape index (κ1) is 12.7. The van der Waals surface area contributed by atoms with E-state index in [1.54, 1.807) is 12.1 Å². The predicted octanol–water partition coefficient (Wildman–Crippen LogP) is 4.27. The van der Waals surface area contributed by atoms with E-state index in [-0.39, 0.29) is 5.02 Å². The van der Waals surface area contributed by atoms with E-state index >= 15 is 0 Å². The van der Waals surface area contributed by atoms with Crippen LogP contribution in [0, 0.1) is 11.7 Å². The Bertz CT molecular complexity index is 547. The van der Waals surface area contributed by atoms with Gasteiger partial charge in [0.25, 0.3) is 0 Å². The molecule has 1 aromatic heterocycles. The lowest BCUT2D eigenvalue weighted by molar-refractivity contribution is 0.156. The minimum absolute atomic E-state index is 0.145. The summed E-state index contributed by atoms with van der Waals surface area (Å²) in [6.07, 6.45) is 5.22. The number of hydrogen-bond donors (Lipinski definition) is 1. The zero-order chi connectivity index (χ0) is 13.2. The van der Waals surface area contributed by atoms with Crippen LogP contribution in [0.25, 0.3) is 11.3 Å². The summed E-state index contributed by atoms with van der Waals surface area (Å²) in [5.74, 6) is 0.599. The molecular weight excluding hydrogens is 265 g/mol. The summed E-state index contributed by atoms with van der Waals surface area (Å²) in [6, 6.07) is 8.43. The Morgan fingerprint density at radius 1 is 1.32 bits per heavy atom. The Morgan fingerprint density at radius 3 is 2.68 bits per heavy atom. The quantitative estimate of drug-likeness (QED) is 0.828. The fourth-order valence-electron chi connectivity index (χ4n) is 2.27. The van der Waals surface area contributed by atoms with E-state index in [9.17, 15) is 4.39 Å². The fraction of sp³-hybridized carbons (Fsp3) is 0.333. The van der Waals surface area contributed by atoms with Crippen molar-refractivity contribution < 1.29 is 9.13 Å². The Balaban J connectivity index is 0.000000151. The van der Waals surface area contributed by atoms with Crippen LogP contribution in [0.4, 0.5) is 4.39 Å². The van der Waals surface area contributed by atoms with Crippen molar-refractivity contribution >= 4 is 11.6 Å². The first-order chi connectivity index (χ1) is 9.24. The van der Waals surface area contributed by atoms with Crippen LogP contribution in [0.15, 0.2) is 36.5 Å². The number of aromatic nitrogens is 1. The number of aromatic amines is 1. The largest absolute Gasteiger partial charge is 0.378 e. The van der Waals surface area contributed by atoms with E-state index in [1.807, 2.05) is 18.3 Å². The molecular formula is C15H15ClFNO. The Kier molecular flexibility index (Phi) is 3.58. The molecule has 0 bridgehead atoms. The maximum atomic E-state index is 12.8. The van der Waals surface area contributed by atoms with Crippen molar-refractivity contribution in [3.05, 3.63) is 47.4 Å². The van der Waals surface area contributed by atoms with Gasteiger partial charge in [-0.2, -0.15) is 0 Å². The second kappa shape index (κ2) is 5.35. The van der Waals surface area contributed by atoms with Gasteiger partial charge in [-0.15, -0.1) is 0 Å². The molecule has 2 atom stereocenters. The molecule has 19 heavy (non-hydrogen) atoms. The highest BCUT2D eigenvalue weighted by atomic mass is 35.5. The summed E-state index contributed by atoms with van der Waals surface area (Å²) in [5.41, 5.74) is 1.82. The van der Waals surface area contributed by atoms with E-state index < -0.39 is 5.82 Å². The summed E-state index contributed by atoms with van der Waals surface area (Å²) in [6.45, 7) is 1.04. The number of nitrogens with one attached hydrogen (secondary N) is 1. The molecule has 4 rings (SSSR count). The first-order valence-corrected chi connectivity index (χ1v) is 6.82. The van der Waals surface area contributed by atoms with Gasteiger partial charge < -0.3 is 9.72 Å². The highest BCUT2D eigenvalue weighted by Gasteiger charge is 2.42. The summed E-state index contributed by atoms with van der Waals surface area (Å²) < 4.78 is 18.0. The van der Waals surface area contributed by atoms with E-state index in [1.165, 1.54) is 18.9 Å². The molecule has 2 heterocycles. The second-order valence-electron chi connectivity index (χ2n) is 4.91. The van der Waals surface area contributed by atoms with Gasteiger partial charge >= 0.3 is 0 Å². The standard InChI is InChI=1S/C10H7ClFN.C5H8O/c11-8-6-7(3-4-9(8)12)10-2-1-5-13-10;1-2-6-5-3-4(1)5/h1-6,13H;4-5H,1-3H2. The van der Waals surface area contributed by atoms with Crippen LogP contribution in [0.3, 0.4) is 0 Å². The predicted molar refractivity (Wildman–Crippen MR) is 73.7 cm³/mol. The van der Waals surface area contributed by atoms with Crippen LogP contribution >= 0.6 is 11.6 Å². The zero-order valence-corrected chi connectivity index (χ0v) is 11.2. The highest BCUT2D eigenvalue weighted by molar-refractivity contribution is 6.31.